The number of methoxy groups -OCH3 is 1. The van der Waals surface area contributed by atoms with E-state index in [1.807, 2.05) is 6.92 Å². The van der Waals surface area contributed by atoms with Crippen LogP contribution >= 0.6 is 11.6 Å². The van der Waals surface area contributed by atoms with Gasteiger partial charge in [-0.3, -0.25) is 4.79 Å². The lowest BCUT2D eigenvalue weighted by atomic mass is 9.97. The van der Waals surface area contributed by atoms with Crippen molar-refractivity contribution in [1.29, 1.82) is 0 Å². The fourth-order valence-corrected chi connectivity index (χ4v) is 4.36. The van der Waals surface area contributed by atoms with Gasteiger partial charge in [-0.25, -0.2) is 8.42 Å². The molecule has 1 aliphatic heterocycles. The van der Waals surface area contributed by atoms with Gasteiger partial charge in [0.1, 0.15) is 0 Å². The first-order valence-corrected chi connectivity index (χ1v) is 9.71. The minimum Gasteiger partial charge on any atom is -0.383 e. The van der Waals surface area contributed by atoms with Crippen LogP contribution in [0.5, 0.6) is 0 Å². The summed E-state index contributed by atoms with van der Waals surface area (Å²) in [6.45, 7) is 3.00. The van der Waals surface area contributed by atoms with Gasteiger partial charge in [0.2, 0.25) is 15.9 Å². The number of sulfonamides is 1. The number of rotatable bonds is 6. The van der Waals surface area contributed by atoms with Crippen LogP contribution in [0.25, 0.3) is 0 Å². The van der Waals surface area contributed by atoms with E-state index in [1.165, 1.54) is 16.4 Å². The molecule has 0 bridgehead atoms. The standard InChI is InChI=1S/C16H23ClN2O4S/c1-12(11-23-2)18-16(20)13-7-9-19(10-8-13)24(21,22)15-5-3-14(17)4-6-15/h3-6,12-13H,7-11H2,1-2H3,(H,18,20)/t12-/m0/s1. The third kappa shape index (κ3) is 4.69. The maximum atomic E-state index is 12.6. The monoisotopic (exact) mass is 374 g/mol. The zero-order valence-electron chi connectivity index (χ0n) is 13.9. The highest BCUT2D eigenvalue weighted by atomic mass is 35.5. The Balaban J connectivity index is 1.94. The molecule has 0 aliphatic carbocycles. The average molecular weight is 375 g/mol. The molecule has 0 radical (unpaired) electrons. The number of benzene rings is 1. The summed E-state index contributed by atoms with van der Waals surface area (Å²) in [5, 5.41) is 3.39. The highest BCUT2D eigenvalue weighted by molar-refractivity contribution is 7.89. The number of hydrogen-bond acceptors (Lipinski definition) is 4. The van der Waals surface area contributed by atoms with Gasteiger partial charge in [-0.15, -0.1) is 0 Å². The summed E-state index contributed by atoms with van der Waals surface area (Å²) >= 11 is 5.80. The summed E-state index contributed by atoms with van der Waals surface area (Å²) in [5.41, 5.74) is 0. The van der Waals surface area contributed by atoms with Crippen LogP contribution in [0.4, 0.5) is 0 Å². The van der Waals surface area contributed by atoms with Crippen LogP contribution in [-0.2, 0) is 19.6 Å². The highest BCUT2D eigenvalue weighted by Crippen LogP contribution is 2.24. The van der Waals surface area contributed by atoms with Gasteiger partial charge in [0.25, 0.3) is 0 Å². The molecule has 24 heavy (non-hydrogen) atoms. The lowest BCUT2D eigenvalue weighted by molar-refractivity contribution is -0.127. The Morgan fingerprint density at radius 2 is 1.92 bits per heavy atom. The van der Waals surface area contributed by atoms with E-state index in [1.54, 1.807) is 19.2 Å². The van der Waals surface area contributed by atoms with Crippen molar-refractivity contribution in [3.63, 3.8) is 0 Å². The summed E-state index contributed by atoms with van der Waals surface area (Å²) in [7, 11) is -1.95. The maximum Gasteiger partial charge on any atom is 0.243 e. The topological polar surface area (TPSA) is 75.7 Å². The molecule has 1 N–H and O–H groups in total. The Labute approximate surface area is 148 Å². The predicted octanol–water partition coefficient (Wildman–Crippen LogP) is 1.89. The van der Waals surface area contributed by atoms with Crippen LogP contribution in [0.2, 0.25) is 5.02 Å². The molecule has 0 saturated carbocycles. The molecule has 0 aromatic heterocycles. The second-order valence-electron chi connectivity index (χ2n) is 6.00. The number of hydrogen-bond donors (Lipinski definition) is 1. The predicted molar refractivity (Wildman–Crippen MR) is 92.4 cm³/mol. The van der Waals surface area contributed by atoms with Crippen LogP contribution < -0.4 is 5.32 Å². The quantitative estimate of drug-likeness (QED) is 0.825. The Hall–Kier alpha value is -1.15. The van der Waals surface area contributed by atoms with E-state index in [4.69, 9.17) is 16.3 Å². The van der Waals surface area contributed by atoms with E-state index < -0.39 is 10.0 Å². The Bertz CT molecular complexity index is 655. The number of amides is 1. The summed E-state index contributed by atoms with van der Waals surface area (Å²) in [5.74, 6) is -0.205. The molecular weight excluding hydrogens is 352 g/mol. The van der Waals surface area contributed by atoms with Crippen LogP contribution in [0.1, 0.15) is 19.8 Å². The summed E-state index contributed by atoms with van der Waals surface area (Å²) in [6.07, 6.45) is 1.02. The molecule has 1 aromatic rings. The lowest BCUT2D eigenvalue weighted by Crippen LogP contribution is -2.45. The van der Waals surface area contributed by atoms with Gasteiger partial charge in [-0.05, 0) is 44.0 Å². The Kier molecular flexibility index (Phi) is 6.62. The number of ether oxygens (including phenoxy) is 1. The van der Waals surface area contributed by atoms with Crippen LogP contribution in [0.15, 0.2) is 29.2 Å². The van der Waals surface area contributed by atoms with E-state index in [-0.39, 0.29) is 22.8 Å². The molecule has 8 heteroatoms. The third-order valence-corrected chi connectivity index (χ3v) is 6.25. The molecule has 1 heterocycles. The first-order chi connectivity index (χ1) is 11.3. The van der Waals surface area contributed by atoms with Crippen molar-refractivity contribution in [2.45, 2.75) is 30.7 Å². The summed E-state index contributed by atoms with van der Waals surface area (Å²) in [4.78, 5) is 12.4. The zero-order valence-corrected chi connectivity index (χ0v) is 15.4. The fourth-order valence-electron chi connectivity index (χ4n) is 2.77. The molecule has 1 amide bonds. The van der Waals surface area contributed by atoms with E-state index in [0.717, 1.165) is 0 Å². The Morgan fingerprint density at radius 3 is 2.46 bits per heavy atom. The van der Waals surface area contributed by atoms with Gasteiger partial charge in [0.05, 0.1) is 11.5 Å². The average Bonchev–Trinajstić information content (AvgIpc) is 2.55. The molecule has 1 atom stereocenters. The number of nitrogens with zero attached hydrogens (tertiary/aromatic N) is 1. The fraction of sp³-hybridized carbons (Fsp3) is 0.562. The number of piperidine rings is 1. The SMILES string of the molecule is COC[C@H](C)NC(=O)C1CCN(S(=O)(=O)c2ccc(Cl)cc2)CC1. The molecule has 1 fully saturated rings. The van der Waals surface area contributed by atoms with Gasteiger partial charge in [-0.1, -0.05) is 11.6 Å². The van der Waals surface area contributed by atoms with Crippen LogP contribution in [-0.4, -0.2) is 51.5 Å². The molecule has 1 saturated heterocycles. The number of carbonyl (C=O) groups is 1. The largest absolute Gasteiger partial charge is 0.383 e. The number of nitrogens with one attached hydrogen (secondary N) is 1. The molecular formula is C16H23ClN2O4S. The minimum atomic E-state index is -3.54. The highest BCUT2D eigenvalue weighted by Gasteiger charge is 2.32. The lowest BCUT2D eigenvalue weighted by Gasteiger charge is -2.31. The Morgan fingerprint density at radius 1 is 1.33 bits per heavy atom. The van der Waals surface area contributed by atoms with Crippen molar-refractivity contribution in [1.82, 2.24) is 9.62 Å². The van der Waals surface area contributed by atoms with E-state index in [2.05, 4.69) is 5.32 Å². The molecule has 6 nitrogen and oxygen atoms in total. The smallest absolute Gasteiger partial charge is 0.243 e. The van der Waals surface area contributed by atoms with Gasteiger partial charge < -0.3 is 10.1 Å². The molecule has 2 rings (SSSR count). The van der Waals surface area contributed by atoms with E-state index in [9.17, 15) is 13.2 Å². The van der Waals surface area contributed by atoms with Crippen molar-refractivity contribution in [3.8, 4) is 0 Å². The third-order valence-electron chi connectivity index (χ3n) is 4.08. The molecule has 0 spiro atoms. The molecule has 1 aromatic carbocycles. The summed E-state index contributed by atoms with van der Waals surface area (Å²) in [6, 6.07) is 6.07. The second-order valence-corrected chi connectivity index (χ2v) is 8.37. The van der Waals surface area contributed by atoms with Crippen molar-refractivity contribution in [2.75, 3.05) is 26.8 Å². The van der Waals surface area contributed by atoms with Crippen LogP contribution in [0.3, 0.4) is 0 Å². The van der Waals surface area contributed by atoms with Crippen molar-refractivity contribution in [3.05, 3.63) is 29.3 Å². The maximum absolute atomic E-state index is 12.6. The molecule has 134 valence electrons. The van der Waals surface area contributed by atoms with Crippen molar-refractivity contribution in [2.24, 2.45) is 5.92 Å². The zero-order chi connectivity index (χ0) is 17.7. The van der Waals surface area contributed by atoms with Crippen molar-refractivity contribution >= 4 is 27.5 Å². The van der Waals surface area contributed by atoms with Gasteiger partial charge in [-0.2, -0.15) is 4.31 Å². The van der Waals surface area contributed by atoms with Gasteiger partial charge in [0, 0.05) is 37.2 Å². The van der Waals surface area contributed by atoms with Gasteiger partial charge in [0.15, 0.2) is 0 Å². The number of halogens is 1. The first kappa shape index (κ1) is 19.2. The van der Waals surface area contributed by atoms with Crippen molar-refractivity contribution < 1.29 is 17.9 Å². The van der Waals surface area contributed by atoms with Crippen LogP contribution in [0, 0.1) is 5.92 Å². The molecule has 1 aliphatic rings. The van der Waals surface area contributed by atoms with Gasteiger partial charge >= 0.3 is 0 Å². The first-order valence-electron chi connectivity index (χ1n) is 7.89. The second kappa shape index (κ2) is 8.29. The van der Waals surface area contributed by atoms with E-state index >= 15 is 0 Å². The normalized spacial score (nSPS) is 18.3. The minimum absolute atomic E-state index is 0.0388. The molecule has 0 unspecified atom stereocenters. The van der Waals surface area contributed by atoms with E-state index in [0.29, 0.717) is 37.6 Å². The summed E-state index contributed by atoms with van der Waals surface area (Å²) < 4.78 is 31.6. The number of carbonyl (C=O) groups excluding carboxylic acids is 1.